The minimum atomic E-state index is -0.848. The van der Waals surface area contributed by atoms with Gasteiger partial charge in [-0.3, -0.25) is 9.59 Å². The molecule has 0 spiro atoms. The lowest BCUT2D eigenvalue weighted by Crippen LogP contribution is -2.48. The molecule has 0 aromatic carbocycles. The Morgan fingerprint density at radius 2 is 2.00 bits per heavy atom. The number of nitrogens with one attached hydrogen (secondary N) is 1. The van der Waals surface area contributed by atoms with Gasteiger partial charge in [-0.1, -0.05) is 6.42 Å². The Labute approximate surface area is 118 Å². The Hall–Kier alpha value is -1.79. The Bertz CT molecular complexity index is 379. The van der Waals surface area contributed by atoms with E-state index in [2.05, 4.69) is 5.32 Å². The molecule has 0 unspecified atom stereocenters. The number of carboxylic acids is 1. The summed E-state index contributed by atoms with van der Waals surface area (Å²) in [6.45, 7) is 2.18. The molecule has 0 aromatic rings. The highest BCUT2D eigenvalue weighted by Crippen LogP contribution is 2.43. The van der Waals surface area contributed by atoms with Crippen LogP contribution in [-0.4, -0.2) is 54.7 Å². The van der Waals surface area contributed by atoms with Crippen LogP contribution in [0.2, 0.25) is 0 Å². The first-order chi connectivity index (χ1) is 9.38. The van der Waals surface area contributed by atoms with Gasteiger partial charge in [0.25, 0.3) is 0 Å². The zero-order valence-electron chi connectivity index (χ0n) is 12.0. The molecule has 0 aromatic heterocycles. The maximum atomic E-state index is 11.8. The fourth-order valence-electron chi connectivity index (χ4n) is 2.28. The summed E-state index contributed by atoms with van der Waals surface area (Å²) in [5.74, 6) is -1.31. The highest BCUT2D eigenvalue weighted by atomic mass is 16.5. The molecular formula is C13H22N2O5. The van der Waals surface area contributed by atoms with Crippen LogP contribution >= 0.6 is 0 Å². The van der Waals surface area contributed by atoms with Crippen LogP contribution in [0.3, 0.4) is 0 Å². The molecule has 7 heteroatoms. The summed E-state index contributed by atoms with van der Waals surface area (Å²) in [6.07, 6.45) is 2.67. The van der Waals surface area contributed by atoms with Crippen LogP contribution in [0.1, 0.15) is 32.6 Å². The third kappa shape index (κ3) is 4.71. The van der Waals surface area contributed by atoms with Crippen molar-refractivity contribution in [1.82, 2.24) is 10.2 Å². The number of carboxylic acid groups (broad SMARTS) is 1. The number of hydrogen-bond acceptors (Lipinski definition) is 4. The molecule has 0 heterocycles. The summed E-state index contributed by atoms with van der Waals surface area (Å²) < 4.78 is 4.75. The molecule has 2 amide bonds. The van der Waals surface area contributed by atoms with E-state index in [0.717, 1.165) is 19.3 Å². The Morgan fingerprint density at radius 3 is 2.45 bits per heavy atom. The number of carbonyl (C=O) groups is 3. The van der Waals surface area contributed by atoms with E-state index in [4.69, 9.17) is 9.84 Å². The fourth-order valence-corrected chi connectivity index (χ4v) is 2.28. The third-order valence-electron chi connectivity index (χ3n) is 3.57. The highest BCUT2D eigenvalue weighted by Gasteiger charge is 2.39. The largest absolute Gasteiger partial charge is 0.481 e. The van der Waals surface area contributed by atoms with E-state index in [1.807, 2.05) is 0 Å². The van der Waals surface area contributed by atoms with Crippen molar-refractivity contribution in [2.75, 3.05) is 26.7 Å². The van der Waals surface area contributed by atoms with Gasteiger partial charge < -0.3 is 20.1 Å². The summed E-state index contributed by atoms with van der Waals surface area (Å²) in [6, 6.07) is -0.394. The summed E-state index contributed by atoms with van der Waals surface area (Å²) in [7, 11) is 1.50. The second kappa shape index (κ2) is 7.12. The minimum absolute atomic E-state index is 0.0644. The molecule has 1 aliphatic rings. The quantitative estimate of drug-likeness (QED) is 0.676. The first kappa shape index (κ1) is 16.3. The molecule has 2 N–H and O–H groups in total. The van der Waals surface area contributed by atoms with Crippen LogP contribution in [0, 0.1) is 5.41 Å². The number of esters is 1. The van der Waals surface area contributed by atoms with Crippen LogP contribution in [0.4, 0.5) is 4.79 Å². The Kier molecular flexibility index (Phi) is 5.79. The maximum absolute atomic E-state index is 11.8. The molecule has 0 bridgehead atoms. The maximum Gasteiger partial charge on any atom is 0.325 e. The Morgan fingerprint density at radius 1 is 1.35 bits per heavy atom. The third-order valence-corrected chi connectivity index (χ3v) is 3.57. The van der Waals surface area contributed by atoms with E-state index in [1.54, 1.807) is 6.92 Å². The summed E-state index contributed by atoms with van der Waals surface area (Å²) in [5.41, 5.74) is -0.327. The van der Waals surface area contributed by atoms with E-state index in [1.165, 1.54) is 11.9 Å². The zero-order valence-corrected chi connectivity index (χ0v) is 12.0. The van der Waals surface area contributed by atoms with Gasteiger partial charge in [0.15, 0.2) is 0 Å². The van der Waals surface area contributed by atoms with Crippen LogP contribution < -0.4 is 5.32 Å². The zero-order chi connectivity index (χ0) is 15.2. The van der Waals surface area contributed by atoms with Crippen molar-refractivity contribution in [3.8, 4) is 0 Å². The predicted molar refractivity (Wildman–Crippen MR) is 71.2 cm³/mol. The number of urea groups is 1. The molecule has 1 saturated carbocycles. The van der Waals surface area contributed by atoms with Crippen molar-refractivity contribution >= 4 is 18.0 Å². The van der Waals surface area contributed by atoms with Gasteiger partial charge in [0.1, 0.15) is 6.54 Å². The van der Waals surface area contributed by atoms with Crippen molar-refractivity contribution < 1.29 is 24.2 Å². The monoisotopic (exact) mass is 286 g/mol. The number of rotatable bonds is 7. The summed E-state index contributed by atoms with van der Waals surface area (Å²) in [5, 5.41) is 11.6. The van der Waals surface area contributed by atoms with Crippen molar-refractivity contribution in [3.05, 3.63) is 0 Å². The number of ether oxygens (including phenoxy) is 1. The first-order valence-electron chi connectivity index (χ1n) is 6.75. The molecule has 0 radical (unpaired) electrons. The van der Waals surface area contributed by atoms with Gasteiger partial charge in [0.2, 0.25) is 0 Å². The van der Waals surface area contributed by atoms with Gasteiger partial charge in [-0.25, -0.2) is 4.79 Å². The first-order valence-corrected chi connectivity index (χ1v) is 6.75. The van der Waals surface area contributed by atoms with Crippen LogP contribution in [0.15, 0.2) is 0 Å². The Balaban J connectivity index is 2.38. The number of carbonyl (C=O) groups excluding carboxylic acids is 2. The predicted octanol–water partition coefficient (Wildman–Crippen LogP) is 0.836. The van der Waals surface area contributed by atoms with Crippen molar-refractivity contribution in [1.29, 1.82) is 0 Å². The highest BCUT2D eigenvalue weighted by molar-refractivity contribution is 5.80. The van der Waals surface area contributed by atoms with E-state index in [0.29, 0.717) is 6.54 Å². The van der Waals surface area contributed by atoms with Crippen molar-refractivity contribution in [3.63, 3.8) is 0 Å². The lowest BCUT2D eigenvalue weighted by molar-refractivity contribution is -0.143. The molecule has 20 heavy (non-hydrogen) atoms. The number of likely N-dealkylation sites (N-methyl/N-ethyl adjacent to an activating group) is 1. The van der Waals surface area contributed by atoms with Crippen molar-refractivity contribution in [2.45, 2.75) is 32.6 Å². The van der Waals surface area contributed by atoms with Gasteiger partial charge in [-0.15, -0.1) is 0 Å². The SMILES string of the molecule is CCOC(=O)CN(C)C(=O)NCC1(CC(=O)O)CCC1. The van der Waals surface area contributed by atoms with E-state index < -0.39 is 18.0 Å². The van der Waals surface area contributed by atoms with Gasteiger partial charge in [0.05, 0.1) is 13.0 Å². The van der Waals surface area contributed by atoms with Crippen LogP contribution in [-0.2, 0) is 14.3 Å². The standard InChI is InChI=1S/C13H22N2O5/c1-3-20-11(18)8-15(2)12(19)14-9-13(5-4-6-13)7-10(16)17/h3-9H2,1-2H3,(H,14,19)(H,16,17). The molecule has 0 aliphatic heterocycles. The number of aliphatic carboxylic acids is 1. The fraction of sp³-hybridized carbons (Fsp3) is 0.769. The molecular weight excluding hydrogens is 264 g/mol. The second-order valence-corrected chi connectivity index (χ2v) is 5.24. The van der Waals surface area contributed by atoms with Gasteiger partial charge >= 0.3 is 18.0 Å². The lowest BCUT2D eigenvalue weighted by atomic mass is 9.66. The van der Waals surface area contributed by atoms with Gasteiger partial charge in [0, 0.05) is 13.6 Å². The van der Waals surface area contributed by atoms with E-state index >= 15 is 0 Å². The number of hydrogen-bond donors (Lipinski definition) is 2. The van der Waals surface area contributed by atoms with Gasteiger partial charge in [-0.2, -0.15) is 0 Å². The molecule has 1 aliphatic carbocycles. The van der Waals surface area contributed by atoms with Crippen LogP contribution in [0.25, 0.3) is 0 Å². The van der Waals surface area contributed by atoms with E-state index in [9.17, 15) is 14.4 Å². The summed E-state index contributed by atoms with van der Waals surface area (Å²) >= 11 is 0. The lowest BCUT2D eigenvalue weighted by Gasteiger charge is -2.41. The van der Waals surface area contributed by atoms with Crippen molar-refractivity contribution in [2.24, 2.45) is 5.41 Å². The van der Waals surface area contributed by atoms with Gasteiger partial charge in [-0.05, 0) is 25.2 Å². The number of amides is 2. The normalized spacial score (nSPS) is 15.9. The second-order valence-electron chi connectivity index (χ2n) is 5.24. The molecule has 1 rings (SSSR count). The minimum Gasteiger partial charge on any atom is -0.481 e. The molecule has 0 atom stereocenters. The molecule has 114 valence electrons. The molecule has 1 fully saturated rings. The molecule has 7 nitrogen and oxygen atoms in total. The van der Waals surface area contributed by atoms with E-state index in [-0.39, 0.29) is 25.0 Å². The average Bonchev–Trinajstić information content (AvgIpc) is 2.31. The average molecular weight is 286 g/mol. The van der Waals surface area contributed by atoms with Crippen LogP contribution in [0.5, 0.6) is 0 Å². The summed E-state index contributed by atoms with van der Waals surface area (Å²) in [4.78, 5) is 35.1. The molecule has 0 saturated heterocycles. The number of nitrogens with zero attached hydrogens (tertiary/aromatic N) is 1. The topological polar surface area (TPSA) is 95.9 Å². The smallest absolute Gasteiger partial charge is 0.325 e.